The lowest BCUT2D eigenvalue weighted by Crippen LogP contribution is -2.42. The first-order valence-corrected chi connectivity index (χ1v) is 10.2. The molecule has 0 aliphatic rings. The Morgan fingerprint density at radius 3 is 2.66 bits per heavy atom. The van der Waals surface area contributed by atoms with E-state index in [2.05, 4.69) is 10.3 Å². The molecule has 0 aliphatic carbocycles. The molecule has 29 heavy (non-hydrogen) atoms. The molecule has 3 heterocycles. The van der Waals surface area contributed by atoms with Gasteiger partial charge < -0.3 is 5.32 Å². The summed E-state index contributed by atoms with van der Waals surface area (Å²) in [6, 6.07) is 13.1. The fraction of sp³-hybridized carbons (Fsp3) is 0.238. The summed E-state index contributed by atoms with van der Waals surface area (Å²) in [6.45, 7) is 2.42. The van der Waals surface area contributed by atoms with E-state index in [0.29, 0.717) is 39.9 Å². The molecular formula is C21H20N4O3S. The molecule has 0 saturated carbocycles. The summed E-state index contributed by atoms with van der Waals surface area (Å²) < 4.78 is 3.05. The minimum Gasteiger partial charge on any atom is -0.350 e. The van der Waals surface area contributed by atoms with Crippen LogP contribution < -0.4 is 16.6 Å². The molecule has 0 radical (unpaired) electrons. The molecule has 0 aliphatic heterocycles. The molecule has 7 nitrogen and oxygen atoms in total. The summed E-state index contributed by atoms with van der Waals surface area (Å²) in [7, 11) is 0. The van der Waals surface area contributed by atoms with Crippen LogP contribution in [-0.2, 0) is 24.4 Å². The maximum Gasteiger partial charge on any atom is 0.332 e. The maximum absolute atomic E-state index is 13.1. The SMILES string of the molecule is CCCn1c(=O)c2sc3ncccc3c2n(CC(=O)NCc2ccccc2)c1=O. The van der Waals surface area contributed by atoms with E-state index >= 15 is 0 Å². The van der Waals surface area contributed by atoms with Gasteiger partial charge in [0.1, 0.15) is 16.1 Å². The number of thiophene rings is 1. The number of aromatic nitrogens is 3. The number of nitrogens with zero attached hydrogens (tertiary/aromatic N) is 3. The van der Waals surface area contributed by atoms with E-state index in [-0.39, 0.29) is 18.0 Å². The number of nitrogens with one attached hydrogen (secondary N) is 1. The first-order valence-electron chi connectivity index (χ1n) is 9.41. The Kier molecular flexibility index (Phi) is 5.26. The van der Waals surface area contributed by atoms with Crippen LogP contribution in [0.1, 0.15) is 18.9 Å². The third kappa shape index (κ3) is 3.58. The van der Waals surface area contributed by atoms with Crippen LogP contribution in [0.4, 0.5) is 0 Å². The van der Waals surface area contributed by atoms with Gasteiger partial charge in [0.25, 0.3) is 5.56 Å². The first-order chi connectivity index (χ1) is 14.1. The van der Waals surface area contributed by atoms with Crippen LogP contribution in [0.5, 0.6) is 0 Å². The zero-order valence-corrected chi connectivity index (χ0v) is 16.7. The molecule has 0 saturated heterocycles. The summed E-state index contributed by atoms with van der Waals surface area (Å²) in [5, 5.41) is 3.56. The number of benzene rings is 1. The molecule has 0 bridgehead atoms. The van der Waals surface area contributed by atoms with Gasteiger partial charge in [-0.3, -0.25) is 18.7 Å². The van der Waals surface area contributed by atoms with Crippen LogP contribution in [0.25, 0.3) is 20.4 Å². The number of hydrogen-bond donors (Lipinski definition) is 1. The second kappa shape index (κ2) is 8.00. The number of carbonyl (C=O) groups is 1. The molecule has 4 aromatic rings. The van der Waals surface area contributed by atoms with E-state index in [4.69, 9.17) is 0 Å². The van der Waals surface area contributed by atoms with Crippen molar-refractivity contribution in [2.24, 2.45) is 0 Å². The lowest BCUT2D eigenvalue weighted by Gasteiger charge is -2.12. The Hall–Kier alpha value is -3.26. The molecule has 0 spiro atoms. The molecule has 1 aromatic carbocycles. The molecule has 1 amide bonds. The molecule has 8 heteroatoms. The molecule has 4 rings (SSSR count). The molecule has 0 unspecified atom stereocenters. The minimum atomic E-state index is -0.470. The lowest BCUT2D eigenvalue weighted by molar-refractivity contribution is -0.121. The Bertz CT molecular complexity index is 1300. The predicted octanol–water partition coefficient (Wildman–Crippen LogP) is 2.50. The van der Waals surface area contributed by atoms with Gasteiger partial charge >= 0.3 is 5.69 Å². The highest BCUT2D eigenvalue weighted by Gasteiger charge is 2.19. The van der Waals surface area contributed by atoms with Gasteiger partial charge in [-0.1, -0.05) is 37.3 Å². The quantitative estimate of drug-likeness (QED) is 0.531. The third-order valence-corrected chi connectivity index (χ3v) is 5.78. The zero-order valence-electron chi connectivity index (χ0n) is 15.9. The average Bonchev–Trinajstić information content (AvgIpc) is 3.13. The zero-order chi connectivity index (χ0) is 20.4. The highest BCUT2D eigenvalue weighted by atomic mass is 32.1. The normalized spacial score (nSPS) is 11.2. The van der Waals surface area contributed by atoms with E-state index in [1.165, 1.54) is 20.5 Å². The minimum absolute atomic E-state index is 0.160. The number of carbonyl (C=O) groups excluding carboxylic acids is 1. The second-order valence-corrected chi connectivity index (χ2v) is 7.72. The molecule has 0 atom stereocenters. The Labute approximate surface area is 170 Å². The monoisotopic (exact) mass is 408 g/mol. The summed E-state index contributed by atoms with van der Waals surface area (Å²) in [4.78, 5) is 43.6. The van der Waals surface area contributed by atoms with Gasteiger partial charge in [-0.15, -0.1) is 11.3 Å². The number of amides is 1. The van der Waals surface area contributed by atoms with Crippen molar-refractivity contribution in [2.45, 2.75) is 33.0 Å². The van der Waals surface area contributed by atoms with Gasteiger partial charge in [-0.05, 0) is 24.1 Å². The fourth-order valence-electron chi connectivity index (χ4n) is 3.35. The van der Waals surface area contributed by atoms with Crippen LogP contribution in [0, 0.1) is 0 Å². The van der Waals surface area contributed by atoms with E-state index in [1.54, 1.807) is 12.3 Å². The molecule has 148 valence electrons. The molecule has 3 aromatic heterocycles. The van der Waals surface area contributed by atoms with Gasteiger partial charge in [0.15, 0.2) is 0 Å². The van der Waals surface area contributed by atoms with E-state index in [9.17, 15) is 14.4 Å². The summed E-state index contributed by atoms with van der Waals surface area (Å²) in [6.07, 6.45) is 2.29. The van der Waals surface area contributed by atoms with E-state index in [0.717, 1.165) is 5.56 Å². The highest BCUT2D eigenvalue weighted by Crippen LogP contribution is 2.29. The summed E-state index contributed by atoms with van der Waals surface area (Å²) in [5.41, 5.74) is 0.661. The van der Waals surface area contributed by atoms with Crippen LogP contribution >= 0.6 is 11.3 Å². The van der Waals surface area contributed by atoms with Crippen molar-refractivity contribution in [1.82, 2.24) is 19.4 Å². The molecular weight excluding hydrogens is 388 g/mol. The number of hydrogen-bond acceptors (Lipinski definition) is 5. The lowest BCUT2D eigenvalue weighted by atomic mass is 10.2. The van der Waals surface area contributed by atoms with Crippen molar-refractivity contribution in [3.8, 4) is 0 Å². The number of pyridine rings is 1. The van der Waals surface area contributed by atoms with Crippen LogP contribution in [0.2, 0.25) is 0 Å². The predicted molar refractivity (Wildman–Crippen MR) is 114 cm³/mol. The van der Waals surface area contributed by atoms with Crippen molar-refractivity contribution in [1.29, 1.82) is 0 Å². The average molecular weight is 408 g/mol. The van der Waals surface area contributed by atoms with Crippen molar-refractivity contribution in [3.63, 3.8) is 0 Å². The third-order valence-electron chi connectivity index (χ3n) is 4.69. The fourth-order valence-corrected chi connectivity index (χ4v) is 4.44. The van der Waals surface area contributed by atoms with E-state index in [1.807, 2.05) is 43.3 Å². The van der Waals surface area contributed by atoms with E-state index < -0.39 is 5.69 Å². The maximum atomic E-state index is 13.1. The van der Waals surface area contributed by atoms with Crippen LogP contribution in [0.3, 0.4) is 0 Å². The smallest absolute Gasteiger partial charge is 0.332 e. The van der Waals surface area contributed by atoms with Crippen molar-refractivity contribution < 1.29 is 4.79 Å². The number of rotatable bonds is 6. The largest absolute Gasteiger partial charge is 0.350 e. The Balaban J connectivity index is 1.78. The Morgan fingerprint density at radius 1 is 1.10 bits per heavy atom. The van der Waals surface area contributed by atoms with Gasteiger partial charge in [0.2, 0.25) is 5.91 Å². The van der Waals surface area contributed by atoms with Gasteiger partial charge in [-0.25, -0.2) is 9.78 Å². The van der Waals surface area contributed by atoms with Gasteiger partial charge in [0, 0.05) is 24.7 Å². The summed E-state index contributed by atoms with van der Waals surface area (Å²) in [5.74, 6) is -0.290. The second-order valence-electron chi connectivity index (χ2n) is 6.72. The first kappa shape index (κ1) is 19.1. The summed E-state index contributed by atoms with van der Waals surface area (Å²) >= 11 is 1.25. The van der Waals surface area contributed by atoms with Gasteiger partial charge in [0.05, 0.1) is 5.52 Å². The van der Waals surface area contributed by atoms with Crippen molar-refractivity contribution in [3.05, 3.63) is 75.1 Å². The van der Waals surface area contributed by atoms with Crippen molar-refractivity contribution >= 4 is 37.7 Å². The standard InChI is InChI=1S/C21H20N4O3S/c1-2-11-24-20(27)18-17(15-9-6-10-22-19(15)29-18)25(21(24)28)13-16(26)23-12-14-7-4-3-5-8-14/h3-10H,2,11-13H2,1H3,(H,23,26). The number of fused-ring (bicyclic) bond motifs is 3. The Morgan fingerprint density at radius 2 is 1.90 bits per heavy atom. The molecule has 1 N–H and O–H groups in total. The highest BCUT2D eigenvalue weighted by molar-refractivity contribution is 7.25. The van der Waals surface area contributed by atoms with Crippen LogP contribution in [-0.4, -0.2) is 20.0 Å². The topological polar surface area (TPSA) is 86.0 Å². The van der Waals surface area contributed by atoms with Crippen molar-refractivity contribution in [2.75, 3.05) is 0 Å². The molecule has 0 fully saturated rings. The van der Waals surface area contributed by atoms with Gasteiger partial charge in [-0.2, -0.15) is 0 Å². The van der Waals surface area contributed by atoms with Crippen LogP contribution in [0.15, 0.2) is 58.3 Å².